The monoisotopic (exact) mass is 238 g/mol. The van der Waals surface area contributed by atoms with Gasteiger partial charge in [0.15, 0.2) is 10.8 Å². The van der Waals surface area contributed by atoms with Crippen LogP contribution in [0.15, 0.2) is 22.8 Å². The van der Waals surface area contributed by atoms with Gasteiger partial charge in [0.2, 0.25) is 0 Å². The van der Waals surface area contributed by atoms with E-state index >= 15 is 0 Å². The summed E-state index contributed by atoms with van der Waals surface area (Å²) in [4.78, 5) is 5.71. The number of hydrogen-bond donors (Lipinski definition) is 1. The van der Waals surface area contributed by atoms with Crippen LogP contribution in [0.4, 0.5) is 0 Å². The maximum absolute atomic E-state index is 5.33. The third-order valence-electron chi connectivity index (χ3n) is 2.13. The fraction of sp³-hybridized carbons (Fsp3) is 0.364. The Morgan fingerprint density at radius 1 is 1.56 bits per heavy atom. The third-order valence-corrected chi connectivity index (χ3v) is 3.24. The number of hydrogen-bond acceptors (Lipinski definition) is 5. The van der Waals surface area contributed by atoms with Gasteiger partial charge >= 0.3 is 0 Å². The molecule has 0 amide bonds. The first-order valence-corrected chi connectivity index (χ1v) is 5.82. The van der Waals surface area contributed by atoms with E-state index in [1.54, 1.807) is 24.7 Å². The predicted molar refractivity (Wildman–Crippen MR) is 63.3 cm³/mol. The highest BCUT2D eigenvalue weighted by molar-refractivity contribution is 7.15. The summed E-state index contributed by atoms with van der Waals surface area (Å²) in [7, 11) is 3.60. The van der Waals surface area contributed by atoms with Crippen LogP contribution in [-0.2, 0) is 17.9 Å². The van der Waals surface area contributed by atoms with Gasteiger partial charge in [-0.25, -0.2) is 4.98 Å². The first kappa shape index (κ1) is 11.3. The molecule has 16 heavy (non-hydrogen) atoms. The zero-order chi connectivity index (χ0) is 11.4. The van der Waals surface area contributed by atoms with Crippen molar-refractivity contribution in [2.45, 2.75) is 13.2 Å². The van der Waals surface area contributed by atoms with Gasteiger partial charge in [0.05, 0.1) is 18.6 Å². The topological polar surface area (TPSA) is 47.3 Å². The summed E-state index contributed by atoms with van der Waals surface area (Å²) in [6, 6.07) is 3.78. The van der Waals surface area contributed by atoms with Crippen molar-refractivity contribution in [1.29, 1.82) is 0 Å². The number of ether oxygens (including phenoxy) is 1. The zero-order valence-electron chi connectivity index (χ0n) is 9.32. The number of aromatic nitrogens is 1. The van der Waals surface area contributed by atoms with Crippen molar-refractivity contribution in [2.75, 3.05) is 14.2 Å². The highest BCUT2D eigenvalue weighted by Gasteiger charge is 2.13. The molecule has 0 aromatic carbocycles. The molecule has 0 saturated heterocycles. The SMILES string of the molecule is CNCc1sc(-c2ccco2)nc1COC. The Bertz CT molecular complexity index is 413. The summed E-state index contributed by atoms with van der Waals surface area (Å²) >= 11 is 1.63. The van der Waals surface area contributed by atoms with Crippen molar-refractivity contribution in [3.05, 3.63) is 29.0 Å². The van der Waals surface area contributed by atoms with Gasteiger partial charge in [0.1, 0.15) is 0 Å². The molecule has 4 nitrogen and oxygen atoms in total. The summed E-state index contributed by atoms with van der Waals surface area (Å²) in [5.74, 6) is 0.810. The molecule has 5 heteroatoms. The molecule has 0 aliphatic heterocycles. The van der Waals surface area contributed by atoms with Crippen LogP contribution >= 0.6 is 11.3 Å². The summed E-state index contributed by atoms with van der Waals surface area (Å²) in [5, 5.41) is 4.03. The van der Waals surface area contributed by atoms with Gasteiger partial charge in [-0.05, 0) is 19.2 Å². The highest BCUT2D eigenvalue weighted by Crippen LogP contribution is 2.28. The third kappa shape index (κ3) is 2.32. The van der Waals surface area contributed by atoms with E-state index in [0.29, 0.717) is 6.61 Å². The molecule has 1 N–H and O–H groups in total. The molecule has 0 saturated carbocycles. The number of methoxy groups -OCH3 is 1. The Labute approximate surface area is 98.3 Å². The molecule has 2 rings (SSSR count). The van der Waals surface area contributed by atoms with E-state index in [1.165, 1.54) is 4.88 Å². The Morgan fingerprint density at radius 3 is 3.06 bits per heavy atom. The van der Waals surface area contributed by atoms with Crippen LogP contribution in [0, 0.1) is 0 Å². The van der Waals surface area contributed by atoms with E-state index in [9.17, 15) is 0 Å². The van der Waals surface area contributed by atoms with E-state index in [0.717, 1.165) is 23.0 Å². The number of furan rings is 1. The largest absolute Gasteiger partial charge is 0.462 e. The lowest BCUT2D eigenvalue weighted by Gasteiger charge is -1.98. The minimum Gasteiger partial charge on any atom is -0.462 e. The number of nitrogens with zero attached hydrogens (tertiary/aromatic N) is 1. The van der Waals surface area contributed by atoms with E-state index in [-0.39, 0.29) is 0 Å². The van der Waals surface area contributed by atoms with Crippen LogP contribution in [-0.4, -0.2) is 19.1 Å². The average molecular weight is 238 g/mol. The lowest BCUT2D eigenvalue weighted by atomic mass is 10.3. The number of rotatable bonds is 5. The lowest BCUT2D eigenvalue weighted by Crippen LogP contribution is -2.06. The quantitative estimate of drug-likeness (QED) is 0.868. The van der Waals surface area contributed by atoms with Crippen molar-refractivity contribution in [2.24, 2.45) is 0 Å². The van der Waals surface area contributed by atoms with Crippen LogP contribution in [0.2, 0.25) is 0 Å². The molecule has 2 aromatic heterocycles. The van der Waals surface area contributed by atoms with Gasteiger partial charge in [-0.15, -0.1) is 11.3 Å². The van der Waals surface area contributed by atoms with Gasteiger partial charge in [-0.3, -0.25) is 0 Å². The number of thiazole rings is 1. The second-order valence-electron chi connectivity index (χ2n) is 3.33. The molecule has 0 unspecified atom stereocenters. The molecule has 2 aromatic rings. The normalized spacial score (nSPS) is 10.9. The van der Waals surface area contributed by atoms with Gasteiger partial charge in [-0.1, -0.05) is 0 Å². The maximum Gasteiger partial charge on any atom is 0.162 e. The lowest BCUT2D eigenvalue weighted by molar-refractivity contribution is 0.181. The van der Waals surface area contributed by atoms with E-state index in [2.05, 4.69) is 10.3 Å². The Kier molecular flexibility index (Phi) is 3.71. The van der Waals surface area contributed by atoms with Crippen LogP contribution in [0.25, 0.3) is 10.8 Å². The van der Waals surface area contributed by atoms with Gasteiger partial charge in [0.25, 0.3) is 0 Å². The van der Waals surface area contributed by atoms with Crippen molar-refractivity contribution in [3.63, 3.8) is 0 Å². The van der Waals surface area contributed by atoms with Crippen molar-refractivity contribution >= 4 is 11.3 Å². The minimum atomic E-state index is 0.536. The van der Waals surface area contributed by atoms with Crippen LogP contribution in [0.1, 0.15) is 10.6 Å². The molecule has 0 radical (unpaired) electrons. The molecular formula is C11H14N2O2S. The summed E-state index contributed by atoms with van der Waals surface area (Å²) in [6.07, 6.45) is 1.66. The molecule has 0 bridgehead atoms. The molecule has 0 atom stereocenters. The Hall–Kier alpha value is -1.17. The second-order valence-corrected chi connectivity index (χ2v) is 4.41. The zero-order valence-corrected chi connectivity index (χ0v) is 10.1. The molecule has 2 heterocycles. The molecular weight excluding hydrogens is 224 g/mol. The van der Waals surface area contributed by atoms with Crippen LogP contribution in [0.3, 0.4) is 0 Å². The predicted octanol–water partition coefficient (Wildman–Crippen LogP) is 2.27. The fourth-order valence-electron chi connectivity index (χ4n) is 1.44. The second kappa shape index (κ2) is 5.25. The minimum absolute atomic E-state index is 0.536. The van der Waals surface area contributed by atoms with E-state index in [4.69, 9.17) is 9.15 Å². The van der Waals surface area contributed by atoms with Crippen molar-refractivity contribution in [1.82, 2.24) is 10.3 Å². The van der Waals surface area contributed by atoms with Crippen molar-refractivity contribution < 1.29 is 9.15 Å². The highest BCUT2D eigenvalue weighted by atomic mass is 32.1. The van der Waals surface area contributed by atoms with Crippen LogP contribution in [0.5, 0.6) is 0 Å². The average Bonchev–Trinajstić information content (AvgIpc) is 2.89. The fourth-order valence-corrected chi connectivity index (χ4v) is 2.48. The van der Waals surface area contributed by atoms with Gasteiger partial charge < -0.3 is 14.5 Å². The van der Waals surface area contributed by atoms with Gasteiger partial charge in [-0.2, -0.15) is 0 Å². The molecule has 86 valence electrons. The Morgan fingerprint density at radius 2 is 2.44 bits per heavy atom. The maximum atomic E-state index is 5.33. The molecule has 0 aliphatic rings. The summed E-state index contributed by atoms with van der Waals surface area (Å²) < 4.78 is 10.5. The van der Waals surface area contributed by atoms with Gasteiger partial charge in [0, 0.05) is 18.5 Å². The summed E-state index contributed by atoms with van der Waals surface area (Å²) in [5.41, 5.74) is 0.980. The van der Waals surface area contributed by atoms with Crippen molar-refractivity contribution in [3.8, 4) is 10.8 Å². The first-order chi connectivity index (χ1) is 7.85. The van der Waals surface area contributed by atoms with E-state index in [1.807, 2.05) is 19.2 Å². The smallest absolute Gasteiger partial charge is 0.162 e. The van der Waals surface area contributed by atoms with Crippen LogP contribution < -0.4 is 5.32 Å². The molecule has 0 aliphatic carbocycles. The molecule has 0 fully saturated rings. The standard InChI is InChI=1S/C11H14N2O2S/c1-12-6-10-8(7-14-2)13-11(16-10)9-4-3-5-15-9/h3-5,12H,6-7H2,1-2H3. The number of nitrogens with one attached hydrogen (secondary N) is 1. The summed E-state index contributed by atoms with van der Waals surface area (Å²) in [6.45, 7) is 1.34. The first-order valence-electron chi connectivity index (χ1n) is 5.01. The Balaban J connectivity index is 2.30. The molecule has 0 spiro atoms. The van der Waals surface area contributed by atoms with E-state index < -0.39 is 0 Å².